The summed E-state index contributed by atoms with van der Waals surface area (Å²) < 4.78 is 29.5. The number of likely N-dealkylation sites (N-methyl/N-ethyl adjacent to an activating group) is 1. The van der Waals surface area contributed by atoms with E-state index >= 15 is 0 Å². The second-order valence-corrected chi connectivity index (χ2v) is 8.09. The van der Waals surface area contributed by atoms with Gasteiger partial charge in [-0.2, -0.15) is 0 Å². The molecule has 1 aliphatic heterocycles. The zero-order chi connectivity index (χ0) is 23.4. The molecular formula is C24H28F2N6O. The van der Waals surface area contributed by atoms with Gasteiger partial charge in [0.05, 0.1) is 6.42 Å². The molecule has 9 heteroatoms. The van der Waals surface area contributed by atoms with E-state index in [2.05, 4.69) is 15.6 Å². The van der Waals surface area contributed by atoms with Gasteiger partial charge >= 0.3 is 0 Å². The topological polar surface area (TPSA) is 89.4 Å². The van der Waals surface area contributed by atoms with Gasteiger partial charge in [-0.3, -0.25) is 4.79 Å². The maximum atomic E-state index is 14.8. The fraction of sp³-hybridized carbons (Fsp3) is 0.292. The number of carbonyl (C=O) groups is 1. The van der Waals surface area contributed by atoms with Crippen molar-refractivity contribution < 1.29 is 13.6 Å². The Labute approximate surface area is 191 Å². The molecule has 4 rings (SSSR count). The van der Waals surface area contributed by atoms with E-state index in [1.807, 2.05) is 30.5 Å². The molecule has 3 aromatic rings. The van der Waals surface area contributed by atoms with Gasteiger partial charge in [0.2, 0.25) is 5.91 Å². The van der Waals surface area contributed by atoms with Crippen molar-refractivity contribution in [2.75, 3.05) is 50.0 Å². The average molecular weight is 455 g/mol. The highest BCUT2D eigenvalue weighted by molar-refractivity contribution is 5.89. The summed E-state index contributed by atoms with van der Waals surface area (Å²) in [5.41, 5.74) is 8.43. The summed E-state index contributed by atoms with van der Waals surface area (Å²) in [6, 6.07) is 10.3. The molecule has 0 unspecified atom stereocenters. The van der Waals surface area contributed by atoms with Gasteiger partial charge < -0.3 is 31.2 Å². The highest BCUT2D eigenvalue weighted by Gasteiger charge is 2.25. The molecule has 0 spiro atoms. The number of aromatic nitrogens is 1. The molecule has 0 aliphatic carbocycles. The van der Waals surface area contributed by atoms with E-state index in [0.29, 0.717) is 38.4 Å². The number of rotatable bonds is 7. The summed E-state index contributed by atoms with van der Waals surface area (Å²) in [6.45, 7) is 1.98. The van der Waals surface area contributed by atoms with Crippen LogP contribution >= 0.6 is 0 Å². The molecule has 1 aliphatic rings. The number of hydrogen-bond donors (Lipinski definition) is 4. The van der Waals surface area contributed by atoms with Crippen molar-refractivity contribution in [2.24, 2.45) is 5.73 Å². The van der Waals surface area contributed by atoms with Gasteiger partial charge in [-0.15, -0.1) is 0 Å². The molecule has 7 nitrogen and oxygen atoms in total. The molecule has 0 radical (unpaired) electrons. The van der Waals surface area contributed by atoms with Crippen LogP contribution in [0.25, 0.3) is 10.9 Å². The second-order valence-electron chi connectivity index (χ2n) is 8.09. The van der Waals surface area contributed by atoms with E-state index in [1.54, 1.807) is 16.8 Å². The smallest absolute Gasteiger partial charge is 0.227 e. The lowest BCUT2D eigenvalue weighted by Gasteiger charge is -2.36. The van der Waals surface area contributed by atoms with Gasteiger partial charge in [-0.05, 0) is 30.8 Å². The van der Waals surface area contributed by atoms with Crippen LogP contribution in [0.4, 0.5) is 20.2 Å². The minimum absolute atomic E-state index is 0.00541. The van der Waals surface area contributed by atoms with E-state index in [0.717, 1.165) is 16.5 Å². The maximum Gasteiger partial charge on any atom is 0.227 e. The first-order valence-electron chi connectivity index (χ1n) is 10.9. The number of fused-ring (bicyclic) bond motifs is 1. The van der Waals surface area contributed by atoms with Crippen LogP contribution in [0.3, 0.4) is 0 Å². The quantitative estimate of drug-likeness (QED) is 0.441. The average Bonchev–Trinajstić information content (AvgIpc) is 3.21. The Bertz CT molecular complexity index is 1140. The van der Waals surface area contributed by atoms with Crippen LogP contribution in [0, 0.1) is 11.6 Å². The lowest BCUT2D eigenvalue weighted by atomic mass is 10.1. The number of nitrogens with one attached hydrogen (secondary N) is 3. The van der Waals surface area contributed by atoms with Gasteiger partial charge in [0, 0.05) is 67.4 Å². The Hall–Kier alpha value is -3.59. The molecule has 1 amide bonds. The van der Waals surface area contributed by atoms with Crippen LogP contribution in [-0.2, 0) is 11.2 Å². The van der Waals surface area contributed by atoms with Crippen molar-refractivity contribution in [1.82, 2.24) is 15.2 Å². The summed E-state index contributed by atoms with van der Waals surface area (Å²) in [7, 11) is 1.75. The van der Waals surface area contributed by atoms with Crippen molar-refractivity contribution in [3.63, 3.8) is 0 Å². The third-order valence-electron chi connectivity index (χ3n) is 5.79. The number of piperazine rings is 1. The summed E-state index contributed by atoms with van der Waals surface area (Å²) >= 11 is 0. The molecule has 1 aromatic heterocycles. The number of amides is 1. The number of benzene rings is 2. The van der Waals surface area contributed by atoms with Crippen LogP contribution in [-0.4, -0.2) is 55.6 Å². The Morgan fingerprint density at radius 1 is 1.15 bits per heavy atom. The molecule has 2 heterocycles. The van der Waals surface area contributed by atoms with Crippen LogP contribution in [0.2, 0.25) is 0 Å². The Balaban J connectivity index is 1.38. The van der Waals surface area contributed by atoms with Crippen LogP contribution in [0.1, 0.15) is 5.56 Å². The zero-order valence-electron chi connectivity index (χ0n) is 18.5. The van der Waals surface area contributed by atoms with E-state index < -0.39 is 11.6 Å². The predicted octanol–water partition coefficient (Wildman–Crippen LogP) is 2.77. The molecule has 1 saturated heterocycles. The standard InChI is InChI=1S/C24H28F2N6O/c1-28-14-17(27)15-29-18-11-20(25)24(21(26)12-18)32-8-6-31(7-9-32)23(33)10-16-13-30-22-5-3-2-4-19(16)22/h2-5,11-13,15,28-30H,6-10,14,27H2,1H3/b17-15-. The monoisotopic (exact) mass is 454 g/mol. The number of nitrogens with two attached hydrogens (primary N) is 1. The van der Waals surface area contributed by atoms with Crippen molar-refractivity contribution in [3.05, 3.63) is 71.7 Å². The lowest BCUT2D eigenvalue weighted by Crippen LogP contribution is -2.49. The minimum atomic E-state index is -0.656. The molecule has 5 N–H and O–H groups in total. The predicted molar refractivity (Wildman–Crippen MR) is 127 cm³/mol. The van der Waals surface area contributed by atoms with E-state index in [1.165, 1.54) is 18.3 Å². The number of hydrogen-bond acceptors (Lipinski definition) is 5. The van der Waals surface area contributed by atoms with E-state index in [-0.39, 0.29) is 23.7 Å². The van der Waals surface area contributed by atoms with Crippen LogP contribution in [0.5, 0.6) is 0 Å². The molecule has 0 saturated carbocycles. The van der Waals surface area contributed by atoms with Gasteiger partial charge in [-0.25, -0.2) is 8.78 Å². The first kappa shape index (κ1) is 22.6. The van der Waals surface area contributed by atoms with Crippen molar-refractivity contribution in [1.29, 1.82) is 0 Å². The van der Waals surface area contributed by atoms with Crippen LogP contribution in [0.15, 0.2) is 54.5 Å². The number of aromatic amines is 1. The summed E-state index contributed by atoms with van der Waals surface area (Å²) in [5, 5.41) is 6.74. The fourth-order valence-corrected chi connectivity index (χ4v) is 4.11. The third kappa shape index (κ3) is 5.09. The Kier molecular flexibility index (Phi) is 6.79. The first-order chi connectivity index (χ1) is 16.0. The van der Waals surface area contributed by atoms with E-state index in [9.17, 15) is 13.6 Å². The lowest BCUT2D eigenvalue weighted by molar-refractivity contribution is -0.130. The SMILES string of the molecule is CNC/C(N)=C/Nc1cc(F)c(N2CCN(C(=O)Cc3c[nH]c4ccccc34)CC2)c(F)c1. The number of halogens is 2. The van der Waals surface area contributed by atoms with Crippen molar-refractivity contribution in [2.45, 2.75) is 6.42 Å². The third-order valence-corrected chi connectivity index (χ3v) is 5.79. The first-order valence-corrected chi connectivity index (χ1v) is 10.9. The molecule has 174 valence electrons. The van der Waals surface area contributed by atoms with Crippen molar-refractivity contribution in [3.8, 4) is 0 Å². The Morgan fingerprint density at radius 3 is 2.55 bits per heavy atom. The number of anilines is 2. The summed E-state index contributed by atoms with van der Waals surface area (Å²) in [5.74, 6) is -1.31. The number of para-hydroxylation sites is 1. The molecular weight excluding hydrogens is 426 g/mol. The Morgan fingerprint density at radius 2 is 1.85 bits per heavy atom. The second kappa shape index (κ2) is 9.91. The summed E-state index contributed by atoms with van der Waals surface area (Å²) in [6.07, 6.45) is 3.65. The largest absolute Gasteiger partial charge is 0.400 e. The molecule has 0 atom stereocenters. The molecule has 2 aromatic carbocycles. The van der Waals surface area contributed by atoms with Gasteiger partial charge in [-0.1, -0.05) is 18.2 Å². The number of nitrogens with zero attached hydrogens (tertiary/aromatic N) is 2. The fourth-order valence-electron chi connectivity index (χ4n) is 4.11. The van der Waals surface area contributed by atoms with Gasteiger partial charge in [0.25, 0.3) is 0 Å². The maximum absolute atomic E-state index is 14.8. The molecule has 0 bridgehead atoms. The minimum Gasteiger partial charge on any atom is -0.400 e. The highest BCUT2D eigenvalue weighted by atomic mass is 19.1. The number of H-pyrrole nitrogens is 1. The van der Waals surface area contributed by atoms with Gasteiger partial charge in [0.1, 0.15) is 5.69 Å². The van der Waals surface area contributed by atoms with Crippen LogP contribution < -0.4 is 21.3 Å². The van der Waals surface area contributed by atoms with Crippen molar-refractivity contribution >= 4 is 28.2 Å². The normalized spacial score (nSPS) is 14.7. The van der Waals surface area contributed by atoms with Gasteiger partial charge in [0.15, 0.2) is 11.6 Å². The van der Waals surface area contributed by atoms with E-state index in [4.69, 9.17) is 5.73 Å². The zero-order valence-corrected chi connectivity index (χ0v) is 18.5. The molecule has 1 fully saturated rings. The number of carbonyl (C=O) groups excluding carboxylic acids is 1. The molecule has 33 heavy (non-hydrogen) atoms. The highest BCUT2D eigenvalue weighted by Crippen LogP contribution is 2.28. The summed E-state index contributed by atoms with van der Waals surface area (Å²) in [4.78, 5) is 19.4.